The largest absolute Gasteiger partial charge is 0.390 e. The Hall–Kier alpha value is -0.590. The van der Waals surface area contributed by atoms with Crippen LogP contribution in [0.1, 0.15) is 12.5 Å². The molecule has 0 fully saturated rings. The number of benzene rings is 1. The standard InChI is InChI=1S/C10H11BrF3NO/c1-9(15,10(13,14)5-16)7-4-6(11)2-3-8(7)12/h2-4,16H,5,15H2,1H3/t9-/m1/s1. The second-order valence-corrected chi connectivity index (χ2v) is 4.60. The molecule has 90 valence electrons. The Labute approximate surface area is 99.4 Å². The molecular weight excluding hydrogens is 287 g/mol. The summed E-state index contributed by atoms with van der Waals surface area (Å²) in [6, 6.07) is 3.60. The van der Waals surface area contributed by atoms with Gasteiger partial charge in [-0.2, -0.15) is 0 Å². The molecule has 0 radical (unpaired) electrons. The van der Waals surface area contributed by atoms with Crippen molar-refractivity contribution in [3.8, 4) is 0 Å². The second kappa shape index (κ2) is 4.35. The van der Waals surface area contributed by atoms with E-state index in [4.69, 9.17) is 10.8 Å². The van der Waals surface area contributed by atoms with E-state index in [2.05, 4.69) is 15.9 Å². The van der Waals surface area contributed by atoms with Crippen LogP contribution >= 0.6 is 15.9 Å². The lowest BCUT2D eigenvalue weighted by molar-refractivity contribution is -0.109. The average molecular weight is 298 g/mol. The summed E-state index contributed by atoms with van der Waals surface area (Å²) in [7, 11) is 0. The van der Waals surface area contributed by atoms with E-state index in [1.54, 1.807) is 0 Å². The van der Waals surface area contributed by atoms with Crippen LogP contribution in [0, 0.1) is 5.82 Å². The maximum atomic E-state index is 13.4. The first-order valence-electron chi connectivity index (χ1n) is 4.45. The van der Waals surface area contributed by atoms with E-state index >= 15 is 0 Å². The molecule has 1 aromatic rings. The van der Waals surface area contributed by atoms with E-state index in [1.165, 1.54) is 12.1 Å². The Kier molecular flexibility index (Phi) is 3.66. The molecule has 16 heavy (non-hydrogen) atoms. The van der Waals surface area contributed by atoms with Crippen LogP contribution in [0.5, 0.6) is 0 Å². The molecule has 0 aliphatic heterocycles. The summed E-state index contributed by atoms with van der Waals surface area (Å²) in [4.78, 5) is 0. The van der Waals surface area contributed by atoms with Gasteiger partial charge in [0.2, 0.25) is 0 Å². The number of hydrogen-bond acceptors (Lipinski definition) is 2. The molecule has 1 atom stereocenters. The highest BCUT2D eigenvalue weighted by molar-refractivity contribution is 9.10. The number of halogens is 4. The summed E-state index contributed by atoms with van der Waals surface area (Å²) < 4.78 is 40.6. The Bertz CT molecular complexity index is 396. The van der Waals surface area contributed by atoms with Crippen molar-refractivity contribution in [2.24, 2.45) is 5.73 Å². The van der Waals surface area contributed by atoms with E-state index in [-0.39, 0.29) is 5.56 Å². The summed E-state index contributed by atoms with van der Waals surface area (Å²) >= 11 is 3.05. The highest BCUT2D eigenvalue weighted by Crippen LogP contribution is 2.37. The van der Waals surface area contributed by atoms with E-state index < -0.39 is 23.9 Å². The van der Waals surface area contributed by atoms with Gasteiger partial charge in [-0.15, -0.1) is 0 Å². The molecule has 6 heteroatoms. The van der Waals surface area contributed by atoms with Crippen molar-refractivity contribution < 1.29 is 18.3 Å². The molecule has 3 N–H and O–H groups in total. The van der Waals surface area contributed by atoms with E-state index in [0.717, 1.165) is 13.0 Å². The zero-order chi connectivity index (χ0) is 12.6. The first kappa shape index (κ1) is 13.5. The quantitative estimate of drug-likeness (QED) is 0.900. The zero-order valence-electron chi connectivity index (χ0n) is 8.48. The molecule has 0 saturated heterocycles. The highest BCUT2D eigenvalue weighted by atomic mass is 79.9. The normalized spacial score (nSPS) is 15.9. The number of hydrogen-bond donors (Lipinski definition) is 2. The van der Waals surface area contributed by atoms with E-state index in [9.17, 15) is 13.2 Å². The van der Waals surface area contributed by atoms with Gasteiger partial charge < -0.3 is 10.8 Å². The van der Waals surface area contributed by atoms with Crippen molar-refractivity contribution in [1.82, 2.24) is 0 Å². The fourth-order valence-electron chi connectivity index (χ4n) is 1.26. The van der Waals surface area contributed by atoms with Crippen LogP contribution in [0.25, 0.3) is 0 Å². The Morgan fingerprint density at radius 1 is 1.44 bits per heavy atom. The monoisotopic (exact) mass is 297 g/mol. The SMILES string of the molecule is C[C@@](N)(c1cc(Br)ccc1F)C(F)(F)CO. The van der Waals surface area contributed by atoms with Crippen LogP contribution < -0.4 is 5.73 Å². The molecular formula is C10H11BrF3NO. The van der Waals surface area contributed by atoms with Crippen molar-refractivity contribution >= 4 is 15.9 Å². The van der Waals surface area contributed by atoms with Gasteiger partial charge in [-0.3, -0.25) is 0 Å². The van der Waals surface area contributed by atoms with Gasteiger partial charge in [-0.25, -0.2) is 13.2 Å². The molecule has 1 aromatic carbocycles. The molecule has 0 aliphatic rings. The fourth-order valence-corrected chi connectivity index (χ4v) is 1.62. The minimum atomic E-state index is -3.60. The Morgan fingerprint density at radius 2 is 2.00 bits per heavy atom. The Balaban J connectivity index is 3.31. The molecule has 0 aliphatic carbocycles. The van der Waals surface area contributed by atoms with Crippen molar-refractivity contribution in [3.63, 3.8) is 0 Å². The maximum Gasteiger partial charge on any atom is 0.292 e. The van der Waals surface area contributed by atoms with Gasteiger partial charge in [0.15, 0.2) is 0 Å². The zero-order valence-corrected chi connectivity index (χ0v) is 10.1. The molecule has 0 amide bonds. The maximum absolute atomic E-state index is 13.4. The second-order valence-electron chi connectivity index (χ2n) is 3.69. The number of nitrogens with two attached hydrogens (primary N) is 1. The summed E-state index contributed by atoms with van der Waals surface area (Å²) in [5, 5.41) is 8.59. The minimum Gasteiger partial charge on any atom is -0.390 e. The third kappa shape index (κ3) is 2.23. The summed E-state index contributed by atoms with van der Waals surface area (Å²) in [5.41, 5.74) is 2.81. The van der Waals surface area contributed by atoms with Crippen LogP contribution in [0.2, 0.25) is 0 Å². The van der Waals surface area contributed by atoms with Gasteiger partial charge in [0.1, 0.15) is 18.0 Å². The summed E-state index contributed by atoms with van der Waals surface area (Å²) in [6.45, 7) is -0.458. The topological polar surface area (TPSA) is 46.2 Å². The first-order valence-corrected chi connectivity index (χ1v) is 5.25. The van der Waals surface area contributed by atoms with Crippen molar-refractivity contribution in [3.05, 3.63) is 34.1 Å². The number of aliphatic hydroxyl groups excluding tert-OH is 1. The van der Waals surface area contributed by atoms with Crippen LogP contribution in [0.15, 0.2) is 22.7 Å². The van der Waals surface area contributed by atoms with Gasteiger partial charge in [-0.1, -0.05) is 15.9 Å². The van der Waals surface area contributed by atoms with Gasteiger partial charge in [0.05, 0.1) is 0 Å². The lowest BCUT2D eigenvalue weighted by atomic mass is 9.86. The van der Waals surface area contributed by atoms with E-state index in [0.29, 0.717) is 4.47 Å². The minimum absolute atomic E-state index is 0.346. The lowest BCUT2D eigenvalue weighted by Crippen LogP contribution is -2.53. The molecule has 0 unspecified atom stereocenters. The van der Waals surface area contributed by atoms with E-state index in [1.807, 2.05) is 0 Å². The number of rotatable bonds is 3. The van der Waals surface area contributed by atoms with Crippen LogP contribution in [-0.2, 0) is 5.54 Å². The molecule has 0 saturated carbocycles. The molecule has 1 rings (SSSR count). The smallest absolute Gasteiger partial charge is 0.292 e. The van der Waals surface area contributed by atoms with Crippen LogP contribution in [-0.4, -0.2) is 17.6 Å². The van der Waals surface area contributed by atoms with Gasteiger partial charge >= 0.3 is 0 Å². The fraction of sp³-hybridized carbons (Fsp3) is 0.400. The third-order valence-electron chi connectivity index (χ3n) is 2.45. The van der Waals surface area contributed by atoms with Gasteiger partial charge in [-0.05, 0) is 25.1 Å². The van der Waals surface area contributed by atoms with Crippen molar-refractivity contribution in [1.29, 1.82) is 0 Å². The molecule has 0 aromatic heterocycles. The molecule has 2 nitrogen and oxygen atoms in total. The molecule has 0 spiro atoms. The predicted octanol–water partition coefficient (Wildman–Crippen LogP) is 2.39. The van der Waals surface area contributed by atoms with Crippen LogP contribution in [0.3, 0.4) is 0 Å². The highest BCUT2D eigenvalue weighted by Gasteiger charge is 2.49. The predicted molar refractivity (Wildman–Crippen MR) is 57.7 cm³/mol. The molecule has 0 heterocycles. The third-order valence-corrected chi connectivity index (χ3v) is 2.94. The number of aliphatic hydroxyl groups is 1. The summed E-state index contributed by atoms with van der Waals surface area (Å²) in [5.74, 6) is -4.43. The number of alkyl halides is 2. The van der Waals surface area contributed by atoms with Crippen LogP contribution in [0.4, 0.5) is 13.2 Å². The first-order chi connectivity index (χ1) is 7.22. The van der Waals surface area contributed by atoms with Gasteiger partial charge in [0.25, 0.3) is 5.92 Å². The molecule has 0 bridgehead atoms. The average Bonchev–Trinajstić information content (AvgIpc) is 2.21. The lowest BCUT2D eigenvalue weighted by Gasteiger charge is -2.33. The van der Waals surface area contributed by atoms with Crippen molar-refractivity contribution in [2.45, 2.75) is 18.4 Å². The Morgan fingerprint density at radius 3 is 2.50 bits per heavy atom. The van der Waals surface area contributed by atoms with Gasteiger partial charge in [0, 0.05) is 10.0 Å². The van der Waals surface area contributed by atoms with Crippen molar-refractivity contribution in [2.75, 3.05) is 6.61 Å². The summed E-state index contributed by atoms with van der Waals surface area (Å²) in [6.07, 6.45) is 0.